The fourth-order valence-corrected chi connectivity index (χ4v) is 3.69. The Kier molecular flexibility index (Phi) is 4.65. The lowest BCUT2D eigenvalue weighted by molar-refractivity contribution is 0.0626. The van der Waals surface area contributed by atoms with Crippen LogP contribution in [0.15, 0.2) is 30.6 Å². The molecule has 7 nitrogen and oxygen atoms in total. The van der Waals surface area contributed by atoms with Crippen molar-refractivity contribution in [2.75, 3.05) is 44.2 Å². The van der Waals surface area contributed by atoms with Gasteiger partial charge in [0.25, 0.3) is 5.91 Å². The molecule has 0 spiro atoms. The molecule has 0 aliphatic carbocycles. The van der Waals surface area contributed by atoms with E-state index >= 15 is 0 Å². The van der Waals surface area contributed by atoms with Crippen molar-refractivity contribution < 1.29 is 4.79 Å². The van der Waals surface area contributed by atoms with Crippen molar-refractivity contribution in [2.45, 2.75) is 19.4 Å². The number of anilines is 1. The zero-order valence-electron chi connectivity index (χ0n) is 14.4. The van der Waals surface area contributed by atoms with E-state index in [0.717, 1.165) is 62.9 Å². The van der Waals surface area contributed by atoms with Gasteiger partial charge in [0.05, 0.1) is 12.1 Å². The zero-order valence-corrected chi connectivity index (χ0v) is 14.4. The predicted molar refractivity (Wildman–Crippen MR) is 95.5 cm³/mol. The summed E-state index contributed by atoms with van der Waals surface area (Å²) in [6.07, 6.45) is 3.95. The summed E-state index contributed by atoms with van der Waals surface area (Å²) in [5, 5.41) is 6.78. The second-order valence-electron chi connectivity index (χ2n) is 6.71. The molecule has 2 aliphatic rings. The molecular formula is C18H24N6O. The molecule has 1 aromatic heterocycles. The van der Waals surface area contributed by atoms with Crippen molar-refractivity contribution in [1.29, 1.82) is 0 Å². The lowest BCUT2D eigenvalue weighted by Crippen LogP contribution is -2.48. The summed E-state index contributed by atoms with van der Waals surface area (Å²) in [7, 11) is 0. The van der Waals surface area contributed by atoms with Crippen LogP contribution in [0.2, 0.25) is 0 Å². The molecule has 132 valence electrons. The summed E-state index contributed by atoms with van der Waals surface area (Å²) < 4.78 is 0. The van der Waals surface area contributed by atoms with E-state index in [1.54, 1.807) is 0 Å². The van der Waals surface area contributed by atoms with E-state index in [0.29, 0.717) is 0 Å². The lowest BCUT2D eigenvalue weighted by atomic mass is 10.1. The molecule has 0 radical (unpaired) electrons. The highest BCUT2D eigenvalue weighted by atomic mass is 16.2. The fourth-order valence-electron chi connectivity index (χ4n) is 3.69. The molecule has 2 fully saturated rings. The Labute approximate surface area is 147 Å². The van der Waals surface area contributed by atoms with Gasteiger partial charge in [0.1, 0.15) is 12.2 Å². The molecule has 0 bridgehead atoms. The van der Waals surface area contributed by atoms with E-state index in [1.165, 1.54) is 19.2 Å². The van der Waals surface area contributed by atoms with Gasteiger partial charge in [-0.2, -0.15) is 5.10 Å². The lowest BCUT2D eigenvalue weighted by Gasteiger charge is -2.35. The number of carbonyl (C=O) groups is 1. The number of hydrogen-bond donors (Lipinski definition) is 1. The highest BCUT2D eigenvalue weighted by molar-refractivity contribution is 6.00. The van der Waals surface area contributed by atoms with Gasteiger partial charge in [-0.05, 0) is 25.0 Å². The van der Waals surface area contributed by atoms with Crippen LogP contribution in [0.25, 0.3) is 0 Å². The van der Waals surface area contributed by atoms with Crippen molar-refractivity contribution in [3.8, 4) is 0 Å². The maximum Gasteiger partial charge on any atom is 0.256 e. The first-order chi connectivity index (χ1) is 12.3. The molecule has 2 aromatic rings. The van der Waals surface area contributed by atoms with Crippen molar-refractivity contribution in [3.63, 3.8) is 0 Å². The second-order valence-corrected chi connectivity index (χ2v) is 6.71. The van der Waals surface area contributed by atoms with E-state index in [4.69, 9.17) is 0 Å². The van der Waals surface area contributed by atoms with Crippen molar-refractivity contribution in [3.05, 3.63) is 42.0 Å². The topological polar surface area (TPSA) is 68.4 Å². The van der Waals surface area contributed by atoms with E-state index in [9.17, 15) is 4.79 Å². The third kappa shape index (κ3) is 3.51. The average molecular weight is 340 g/mol. The Morgan fingerprint density at radius 3 is 2.52 bits per heavy atom. The number of benzene rings is 1. The van der Waals surface area contributed by atoms with E-state index in [1.807, 2.05) is 23.1 Å². The Morgan fingerprint density at radius 1 is 1.04 bits per heavy atom. The second kappa shape index (κ2) is 7.23. The van der Waals surface area contributed by atoms with Gasteiger partial charge in [-0.25, -0.2) is 4.98 Å². The summed E-state index contributed by atoms with van der Waals surface area (Å²) >= 11 is 0. The molecule has 1 amide bonds. The molecular weight excluding hydrogens is 316 g/mol. The number of rotatable bonds is 4. The van der Waals surface area contributed by atoms with Gasteiger partial charge in [-0.3, -0.25) is 14.8 Å². The molecule has 1 aromatic carbocycles. The third-order valence-corrected chi connectivity index (χ3v) is 5.08. The van der Waals surface area contributed by atoms with Gasteiger partial charge in [0, 0.05) is 45.0 Å². The zero-order chi connectivity index (χ0) is 17.1. The summed E-state index contributed by atoms with van der Waals surface area (Å²) in [5.74, 6) is 1.03. The van der Waals surface area contributed by atoms with Crippen LogP contribution in [-0.2, 0) is 6.54 Å². The number of carbonyl (C=O) groups excluding carboxylic acids is 1. The van der Waals surface area contributed by atoms with Crippen molar-refractivity contribution in [2.24, 2.45) is 0 Å². The van der Waals surface area contributed by atoms with Gasteiger partial charge >= 0.3 is 0 Å². The van der Waals surface area contributed by atoms with Crippen LogP contribution in [0.3, 0.4) is 0 Å². The van der Waals surface area contributed by atoms with Crippen LogP contribution in [0.5, 0.6) is 0 Å². The quantitative estimate of drug-likeness (QED) is 0.910. The molecule has 3 heterocycles. The van der Waals surface area contributed by atoms with E-state index in [2.05, 4.69) is 31.0 Å². The number of H-pyrrole nitrogens is 1. The molecule has 0 unspecified atom stereocenters. The number of hydrogen-bond acceptors (Lipinski definition) is 5. The SMILES string of the molecule is O=C(c1ccccc1N1CCCC1)N1CCN(Cc2ncn[nH]2)CC1. The molecule has 0 atom stereocenters. The first-order valence-electron chi connectivity index (χ1n) is 9.01. The summed E-state index contributed by atoms with van der Waals surface area (Å²) in [6.45, 7) is 6.08. The maximum absolute atomic E-state index is 13.1. The van der Waals surface area contributed by atoms with Crippen LogP contribution in [0.4, 0.5) is 5.69 Å². The van der Waals surface area contributed by atoms with Gasteiger partial charge in [-0.15, -0.1) is 0 Å². The molecule has 1 N–H and O–H groups in total. The maximum atomic E-state index is 13.1. The highest BCUT2D eigenvalue weighted by Gasteiger charge is 2.26. The predicted octanol–water partition coefficient (Wildman–Crippen LogP) is 1.36. The molecule has 2 aliphatic heterocycles. The van der Waals surface area contributed by atoms with Gasteiger partial charge in [-0.1, -0.05) is 12.1 Å². The third-order valence-electron chi connectivity index (χ3n) is 5.08. The van der Waals surface area contributed by atoms with Crippen LogP contribution < -0.4 is 4.90 Å². The molecule has 25 heavy (non-hydrogen) atoms. The molecule has 2 saturated heterocycles. The normalized spacial score (nSPS) is 18.7. The molecule has 0 saturated carbocycles. The van der Waals surface area contributed by atoms with Gasteiger partial charge in [0.15, 0.2) is 0 Å². The monoisotopic (exact) mass is 340 g/mol. The Bertz CT molecular complexity index is 702. The van der Waals surface area contributed by atoms with Crippen LogP contribution in [0.1, 0.15) is 29.0 Å². The highest BCUT2D eigenvalue weighted by Crippen LogP contribution is 2.26. The Balaban J connectivity index is 1.41. The number of amides is 1. The molecule has 4 rings (SSSR count). The summed E-state index contributed by atoms with van der Waals surface area (Å²) in [5.41, 5.74) is 1.93. The van der Waals surface area contributed by atoms with Gasteiger partial charge in [0.2, 0.25) is 0 Å². The van der Waals surface area contributed by atoms with E-state index < -0.39 is 0 Å². The Hall–Kier alpha value is -2.41. The molecule has 7 heteroatoms. The minimum atomic E-state index is 0.154. The van der Waals surface area contributed by atoms with Gasteiger partial charge < -0.3 is 9.80 Å². The number of piperazine rings is 1. The van der Waals surface area contributed by atoms with Crippen LogP contribution in [0, 0.1) is 0 Å². The average Bonchev–Trinajstić information content (AvgIpc) is 3.36. The van der Waals surface area contributed by atoms with E-state index in [-0.39, 0.29) is 5.91 Å². The number of nitrogens with one attached hydrogen (secondary N) is 1. The largest absolute Gasteiger partial charge is 0.371 e. The number of nitrogens with zero attached hydrogens (tertiary/aromatic N) is 5. The summed E-state index contributed by atoms with van der Waals surface area (Å²) in [6, 6.07) is 8.04. The van der Waals surface area contributed by atoms with Crippen LogP contribution >= 0.6 is 0 Å². The number of aromatic amines is 1. The number of aromatic nitrogens is 3. The minimum absolute atomic E-state index is 0.154. The fraction of sp³-hybridized carbons (Fsp3) is 0.500. The van der Waals surface area contributed by atoms with Crippen molar-refractivity contribution in [1.82, 2.24) is 25.0 Å². The first-order valence-corrected chi connectivity index (χ1v) is 9.01. The Morgan fingerprint density at radius 2 is 1.80 bits per heavy atom. The first kappa shape index (κ1) is 16.1. The number of para-hydroxylation sites is 1. The minimum Gasteiger partial charge on any atom is -0.371 e. The van der Waals surface area contributed by atoms with Crippen LogP contribution in [-0.4, -0.2) is 70.2 Å². The summed E-state index contributed by atoms with van der Waals surface area (Å²) in [4.78, 5) is 23.8. The standard InChI is InChI=1S/C18H24N6O/c25-18(15-5-1-2-6-16(15)23-7-3-4-8-23)24-11-9-22(10-12-24)13-17-19-14-20-21-17/h1-2,5-6,14H,3-4,7-13H2,(H,19,20,21). The van der Waals surface area contributed by atoms with Crippen molar-refractivity contribution >= 4 is 11.6 Å². The smallest absolute Gasteiger partial charge is 0.256 e.